The minimum atomic E-state index is -4.77. The van der Waals surface area contributed by atoms with Crippen molar-refractivity contribution in [1.29, 1.82) is 0 Å². The number of nitrogens with zero attached hydrogens (tertiary/aromatic N) is 3. The van der Waals surface area contributed by atoms with Gasteiger partial charge in [-0.05, 0) is 67.3 Å². The van der Waals surface area contributed by atoms with Crippen molar-refractivity contribution < 1.29 is 32.5 Å². The summed E-state index contributed by atoms with van der Waals surface area (Å²) in [6.45, 7) is 6.69. The van der Waals surface area contributed by atoms with Gasteiger partial charge in [-0.25, -0.2) is 4.98 Å². The van der Waals surface area contributed by atoms with E-state index in [-0.39, 0.29) is 30.0 Å². The van der Waals surface area contributed by atoms with Crippen molar-refractivity contribution in [2.75, 3.05) is 12.4 Å². The van der Waals surface area contributed by atoms with Crippen molar-refractivity contribution in [2.24, 2.45) is 11.3 Å². The number of alkyl halides is 3. The van der Waals surface area contributed by atoms with Gasteiger partial charge in [0.1, 0.15) is 11.3 Å². The Morgan fingerprint density at radius 1 is 1.22 bits per heavy atom. The van der Waals surface area contributed by atoms with Crippen LogP contribution in [0.1, 0.15) is 58.1 Å². The van der Waals surface area contributed by atoms with Crippen LogP contribution < -0.4 is 14.8 Å². The second kappa shape index (κ2) is 10.1. The van der Waals surface area contributed by atoms with Crippen molar-refractivity contribution in [1.82, 2.24) is 14.5 Å². The maximum atomic E-state index is 12.6. The number of aromatic nitrogens is 3. The second-order valence-corrected chi connectivity index (χ2v) is 10.5. The fourth-order valence-electron chi connectivity index (χ4n) is 5.44. The van der Waals surface area contributed by atoms with Crippen LogP contribution in [0, 0.1) is 11.3 Å². The molecule has 8 nitrogen and oxygen atoms in total. The molecule has 1 aromatic carbocycles. The molecule has 200 valence electrons. The number of rotatable bonds is 8. The summed E-state index contributed by atoms with van der Waals surface area (Å²) in [6.07, 6.45) is -1.71. The molecule has 4 rings (SSSR count). The lowest BCUT2D eigenvalue weighted by Crippen LogP contribution is -2.30. The zero-order valence-electron chi connectivity index (χ0n) is 21.2. The number of fused-ring (bicyclic) bond motifs is 1. The number of aryl methyl sites for hydroxylation is 1. The summed E-state index contributed by atoms with van der Waals surface area (Å²) >= 11 is 0. The van der Waals surface area contributed by atoms with Gasteiger partial charge in [-0.1, -0.05) is 20.8 Å². The molecule has 3 aromatic rings. The number of hydrogen-bond donors (Lipinski definition) is 2. The summed E-state index contributed by atoms with van der Waals surface area (Å²) in [4.78, 5) is 20.6. The highest BCUT2D eigenvalue weighted by atomic mass is 19.4. The monoisotopic (exact) mass is 520 g/mol. The number of aliphatic carboxylic acids is 1. The Balaban J connectivity index is 1.77. The van der Waals surface area contributed by atoms with Crippen molar-refractivity contribution >= 4 is 28.8 Å². The van der Waals surface area contributed by atoms with E-state index in [9.17, 15) is 18.0 Å². The third-order valence-electron chi connectivity index (χ3n) is 6.58. The first-order chi connectivity index (χ1) is 17.3. The zero-order valence-corrected chi connectivity index (χ0v) is 21.2. The number of ether oxygens (including phenoxy) is 2. The third kappa shape index (κ3) is 6.44. The Kier molecular flexibility index (Phi) is 7.25. The van der Waals surface area contributed by atoms with Crippen LogP contribution in [0.5, 0.6) is 11.6 Å². The second-order valence-electron chi connectivity index (χ2n) is 10.5. The maximum absolute atomic E-state index is 12.6. The average Bonchev–Trinajstić information content (AvgIpc) is 3.12. The fourth-order valence-corrected chi connectivity index (χ4v) is 5.44. The Hall–Kier alpha value is -3.50. The lowest BCUT2D eigenvalue weighted by atomic mass is 9.70. The topological polar surface area (TPSA) is 98.5 Å². The number of nitrogens with one attached hydrogen (secondary N) is 1. The lowest BCUT2D eigenvalue weighted by molar-refractivity contribution is -0.274. The van der Waals surface area contributed by atoms with E-state index in [1.165, 1.54) is 31.4 Å². The van der Waals surface area contributed by atoms with Crippen LogP contribution in [0.4, 0.5) is 24.8 Å². The molecule has 2 atom stereocenters. The highest BCUT2D eigenvalue weighted by Crippen LogP contribution is 2.46. The van der Waals surface area contributed by atoms with Gasteiger partial charge >= 0.3 is 12.3 Å². The van der Waals surface area contributed by atoms with E-state index >= 15 is 0 Å². The van der Waals surface area contributed by atoms with Gasteiger partial charge in [0.25, 0.3) is 0 Å². The van der Waals surface area contributed by atoms with Crippen LogP contribution in [-0.4, -0.2) is 39.1 Å². The molecule has 2 aromatic heterocycles. The number of hydrogen-bond acceptors (Lipinski definition) is 6. The molecule has 0 bridgehead atoms. The van der Waals surface area contributed by atoms with Gasteiger partial charge < -0.3 is 19.9 Å². The van der Waals surface area contributed by atoms with E-state index in [4.69, 9.17) is 19.8 Å². The average molecular weight is 521 g/mol. The summed E-state index contributed by atoms with van der Waals surface area (Å²) in [6, 6.07) is 7.32. The molecule has 1 saturated carbocycles. The predicted octanol–water partition coefficient (Wildman–Crippen LogP) is 6.49. The van der Waals surface area contributed by atoms with Crippen LogP contribution in [0.2, 0.25) is 0 Å². The molecule has 2 N–H and O–H groups in total. The number of benzene rings is 1. The van der Waals surface area contributed by atoms with Crippen LogP contribution in [-0.2, 0) is 11.2 Å². The number of carboxylic acid groups (broad SMARTS) is 1. The van der Waals surface area contributed by atoms with Gasteiger partial charge in [0.05, 0.1) is 7.11 Å². The van der Waals surface area contributed by atoms with Crippen LogP contribution in [0.3, 0.4) is 0 Å². The summed E-state index contributed by atoms with van der Waals surface area (Å²) in [5.74, 6) is 0.0717. The van der Waals surface area contributed by atoms with Crippen molar-refractivity contribution in [2.45, 2.75) is 65.3 Å². The molecule has 11 heteroatoms. The molecule has 1 aliphatic carbocycles. The maximum Gasteiger partial charge on any atom is 0.573 e. The van der Waals surface area contributed by atoms with Gasteiger partial charge in [-0.2, -0.15) is 4.98 Å². The van der Waals surface area contributed by atoms with E-state index in [1.54, 1.807) is 6.07 Å². The molecule has 0 radical (unpaired) electrons. The Morgan fingerprint density at radius 3 is 2.51 bits per heavy atom. The zero-order chi connectivity index (χ0) is 27.0. The van der Waals surface area contributed by atoms with Gasteiger partial charge in [-0.3, -0.25) is 9.36 Å². The quantitative estimate of drug-likeness (QED) is 0.350. The molecule has 1 aliphatic rings. The SMILES string of the molecule is COc1nc2c(cc1CCC(=O)O)nc(Nc1ccc(OC(F)(F)F)cc1)n2[C@H]1C[C@@H](C)CC(C)(C)C1. The minimum Gasteiger partial charge on any atom is -0.481 e. The van der Waals surface area contributed by atoms with Crippen molar-refractivity contribution in [3.05, 3.63) is 35.9 Å². The number of pyridine rings is 1. The summed E-state index contributed by atoms with van der Waals surface area (Å²) < 4.78 is 49.2. The number of anilines is 2. The molecular formula is C26H31F3N4O4. The standard InChI is InChI=1S/C26H31F3N4O4/c1-15-11-18(14-25(2,3)13-15)33-22-20(12-16(5-10-21(34)35)23(32-22)36-4)31-24(33)30-17-6-8-19(9-7-17)37-26(27,28)29/h6-9,12,15,18H,5,10-11,13-14H2,1-4H3,(H,30,31)(H,34,35)/t15-,18+/m1/s1. The first-order valence-corrected chi connectivity index (χ1v) is 12.1. The summed E-state index contributed by atoms with van der Waals surface area (Å²) in [5.41, 5.74) is 2.45. The van der Waals surface area contributed by atoms with Crippen LogP contribution in [0.25, 0.3) is 11.2 Å². The van der Waals surface area contributed by atoms with E-state index in [1.807, 2.05) is 4.57 Å². The number of halogens is 3. The number of imidazole rings is 1. The van der Waals surface area contributed by atoms with Crippen LogP contribution >= 0.6 is 0 Å². The number of carboxylic acids is 1. The first kappa shape index (κ1) is 26.6. The Bertz CT molecular complexity index is 1270. The molecule has 0 unspecified atom stereocenters. The largest absolute Gasteiger partial charge is 0.573 e. The predicted molar refractivity (Wildman–Crippen MR) is 132 cm³/mol. The van der Waals surface area contributed by atoms with E-state index < -0.39 is 12.3 Å². The molecule has 0 saturated heterocycles. The molecule has 1 fully saturated rings. The van der Waals surface area contributed by atoms with E-state index in [2.05, 4.69) is 30.8 Å². The smallest absolute Gasteiger partial charge is 0.481 e. The molecule has 0 amide bonds. The highest BCUT2D eigenvalue weighted by Gasteiger charge is 2.35. The number of methoxy groups -OCH3 is 1. The van der Waals surface area contributed by atoms with Crippen molar-refractivity contribution in [3.8, 4) is 11.6 Å². The first-order valence-electron chi connectivity index (χ1n) is 12.1. The van der Waals surface area contributed by atoms with E-state index in [0.29, 0.717) is 40.2 Å². The normalized spacial score (nSPS) is 19.5. The third-order valence-corrected chi connectivity index (χ3v) is 6.58. The van der Waals surface area contributed by atoms with Gasteiger partial charge in [0, 0.05) is 23.7 Å². The summed E-state index contributed by atoms with van der Waals surface area (Å²) in [7, 11) is 1.49. The molecule has 37 heavy (non-hydrogen) atoms. The minimum absolute atomic E-state index is 0.0705. The molecule has 2 heterocycles. The Morgan fingerprint density at radius 2 is 1.92 bits per heavy atom. The molecule has 0 spiro atoms. The highest BCUT2D eigenvalue weighted by molar-refractivity contribution is 5.78. The van der Waals surface area contributed by atoms with Crippen molar-refractivity contribution in [3.63, 3.8) is 0 Å². The molecule has 0 aliphatic heterocycles. The van der Waals surface area contributed by atoms with E-state index in [0.717, 1.165) is 19.3 Å². The fraction of sp³-hybridized carbons (Fsp3) is 0.500. The number of carbonyl (C=O) groups is 1. The van der Waals surface area contributed by atoms with Gasteiger partial charge in [0.2, 0.25) is 11.8 Å². The van der Waals surface area contributed by atoms with Gasteiger partial charge in [-0.15, -0.1) is 13.2 Å². The van der Waals surface area contributed by atoms with Gasteiger partial charge in [0.15, 0.2) is 5.65 Å². The van der Waals surface area contributed by atoms with Crippen LogP contribution in [0.15, 0.2) is 30.3 Å². The molecular weight excluding hydrogens is 489 g/mol. The Labute approximate surface area is 212 Å². The lowest BCUT2D eigenvalue weighted by Gasteiger charge is -2.40. The summed E-state index contributed by atoms with van der Waals surface area (Å²) in [5, 5.41) is 12.4.